The third kappa shape index (κ3) is 2.13. The van der Waals surface area contributed by atoms with Gasteiger partial charge in [-0.15, -0.1) is 0 Å². The number of rotatable bonds is 4. The highest BCUT2D eigenvalue weighted by molar-refractivity contribution is 5.27. The molecule has 0 amide bonds. The second-order valence-corrected chi connectivity index (χ2v) is 5.25. The maximum atomic E-state index is 6.27. The molecule has 16 heavy (non-hydrogen) atoms. The highest BCUT2D eigenvalue weighted by Crippen LogP contribution is 2.51. The number of methoxy groups -OCH3 is 1. The zero-order chi connectivity index (χ0) is 11.8. The topological polar surface area (TPSA) is 35.2 Å². The van der Waals surface area contributed by atoms with Crippen molar-refractivity contribution in [2.45, 2.75) is 37.8 Å². The summed E-state index contributed by atoms with van der Waals surface area (Å²) >= 11 is 0. The predicted octanol–water partition coefficient (Wildman–Crippen LogP) is 2.54. The van der Waals surface area contributed by atoms with E-state index in [2.05, 4.69) is 44.2 Å². The molecule has 2 heteroatoms. The van der Waals surface area contributed by atoms with Crippen LogP contribution in [0, 0.1) is 5.92 Å². The Morgan fingerprint density at radius 1 is 1.31 bits per heavy atom. The minimum absolute atomic E-state index is 0.114. The summed E-state index contributed by atoms with van der Waals surface area (Å²) in [6.45, 7) is 4.14. The molecule has 1 aromatic rings. The first-order valence-electron chi connectivity index (χ1n) is 5.92. The molecule has 1 aliphatic carbocycles. The van der Waals surface area contributed by atoms with Crippen LogP contribution in [0.2, 0.25) is 0 Å². The Morgan fingerprint density at radius 2 is 1.94 bits per heavy atom. The Bertz CT molecular complexity index is 347. The summed E-state index contributed by atoms with van der Waals surface area (Å²) in [5.74, 6) is 1.20. The Hall–Kier alpha value is -0.860. The molecule has 1 aliphatic rings. The second-order valence-electron chi connectivity index (χ2n) is 5.25. The van der Waals surface area contributed by atoms with Crippen LogP contribution in [-0.2, 0) is 4.74 Å². The van der Waals surface area contributed by atoms with E-state index in [1.807, 2.05) is 0 Å². The summed E-state index contributed by atoms with van der Waals surface area (Å²) in [5.41, 5.74) is 7.45. The van der Waals surface area contributed by atoms with E-state index >= 15 is 0 Å². The van der Waals surface area contributed by atoms with Gasteiger partial charge in [0.05, 0.1) is 5.60 Å². The van der Waals surface area contributed by atoms with Gasteiger partial charge >= 0.3 is 0 Å². The molecule has 0 spiro atoms. The van der Waals surface area contributed by atoms with Gasteiger partial charge in [0.25, 0.3) is 0 Å². The van der Waals surface area contributed by atoms with E-state index in [-0.39, 0.29) is 11.6 Å². The van der Waals surface area contributed by atoms with Gasteiger partial charge in [-0.1, -0.05) is 30.3 Å². The number of hydrogen-bond donors (Lipinski definition) is 1. The van der Waals surface area contributed by atoms with Gasteiger partial charge < -0.3 is 10.5 Å². The summed E-state index contributed by atoms with van der Waals surface area (Å²) in [6, 6.07) is 10.7. The average molecular weight is 219 g/mol. The lowest BCUT2D eigenvalue weighted by atomic mass is 9.93. The molecule has 2 nitrogen and oxygen atoms in total. The monoisotopic (exact) mass is 219 g/mol. The molecule has 2 N–H and O–H groups in total. The van der Waals surface area contributed by atoms with Gasteiger partial charge in [0.1, 0.15) is 0 Å². The highest BCUT2D eigenvalue weighted by Gasteiger charge is 2.47. The number of hydrogen-bond acceptors (Lipinski definition) is 2. The van der Waals surface area contributed by atoms with E-state index in [1.54, 1.807) is 7.11 Å². The number of nitrogens with two attached hydrogens (primary N) is 1. The molecular formula is C14H21NO. The standard InChI is InChI=1S/C14H21NO/c1-14(2,16-3)13(15)12-9-11(12)10-7-5-4-6-8-10/h4-8,11-13H,9,15H2,1-3H3. The van der Waals surface area contributed by atoms with Crippen molar-refractivity contribution in [3.05, 3.63) is 35.9 Å². The van der Waals surface area contributed by atoms with Crippen molar-refractivity contribution in [1.29, 1.82) is 0 Å². The second kappa shape index (κ2) is 4.19. The van der Waals surface area contributed by atoms with Gasteiger partial charge in [-0.2, -0.15) is 0 Å². The molecule has 1 saturated carbocycles. The van der Waals surface area contributed by atoms with Crippen LogP contribution in [0.3, 0.4) is 0 Å². The summed E-state index contributed by atoms with van der Waals surface area (Å²) in [4.78, 5) is 0. The zero-order valence-corrected chi connectivity index (χ0v) is 10.3. The van der Waals surface area contributed by atoms with Gasteiger partial charge in [-0.05, 0) is 37.7 Å². The van der Waals surface area contributed by atoms with Crippen LogP contribution >= 0.6 is 0 Å². The summed E-state index contributed by atoms with van der Waals surface area (Å²) in [6.07, 6.45) is 1.19. The lowest BCUT2D eigenvalue weighted by Gasteiger charge is -2.30. The molecule has 1 aromatic carbocycles. The van der Waals surface area contributed by atoms with Gasteiger partial charge in [0.2, 0.25) is 0 Å². The Labute approximate surface area is 97.8 Å². The molecule has 3 unspecified atom stereocenters. The lowest BCUT2D eigenvalue weighted by molar-refractivity contribution is -0.00558. The van der Waals surface area contributed by atoms with E-state index in [9.17, 15) is 0 Å². The third-order valence-electron chi connectivity index (χ3n) is 3.86. The van der Waals surface area contributed by atoms with Crippen molar-refractivity contribution in [2.24, 2.45) is 11.7 Å². The minimum atomic E-state index is -0.228. The largest absolute Gasteiger partial charge is 0.377 e. The van der Waals surface area contributed by atoms with Crippen molar-refractivity contribution in [1.82, 2.24) is 0 Å². The van der Waals surface area contributed by atoms with E-state index < -0.39 is 0 Å². The van der Waals surface area contributed by atoms with E-state index in [0.717, 1.165) is 0 Å². The summed E-state index contributed by atoms with van der Waals surface area (Å²) in [5, 5.41) is 0. The molecule has 0 saturated heterocycles. The fraction of sp³-hybridized carbons (Fsp3) is 0.571. The molecule has 0 aromatic heterocycles. The first kappa shape index (κ1) is 11.6. The van der Waals surface area contributed by atoms with Crippen molar-refractivity contribution in [3.8, 4) is 0 Å². The smallest absolute Gasteiger partial charge is 0.0775 e. The Kier molecular flexibility index (Phi) is 3.04. The van der Waals surface area contributed by atoms with Crippen molar-refractivity contribution < 1.29 is 4.74 Å². The summed E-state index contributed by atoms with van der Waals surface area (Å²) in [7, 11) is 1.74. The van der Waals surface area contributed by atoms with E-state index in [0.29, 0.717) is 11.8 Å². The van der Waals surface area contributed by atoms with Crippen LogP contribution < -0.4 is 5.73 Å². The van der Waals surface area contributed by atoms with Crippen LogP contribution in [0.5, 0.6) is 0 Å². The maximum Gasteiger partial charge on any atom is 0.0775 e. The molecule has 0 radical (unpaired) electrons. The quantitative estimate of drug-likeness (QED) is 0.844. The minimum Gasteiger partial charge on any atom is -0.377 e. The average Bonchev–Trinajstić information content (AvgIpc) is 3.09. The highest BCUT2D eigenvalue weighted by atomic mass is 16.5. The molecule has 2 rings (SSSR count). The van der Waals surface area contributed by atoms with Gasteiger partial charge in [0.15, 0.2) is 0 Å². The fourth-order valence-corrected chi connectivity index (χ4v) is 2.35. The Morgan fingerprint density at radius 3 is 2.50 bits per heavy atom. The molecular weight excluding hydrogens is 198 g/mol. The van der Waals surface area contributed by atoms with Gasteiger partial charge in [-0.3, -0.25) is 0 Å². The first-order chi connectivity index (χ1) is 7.56. The van der Waals surface area contributed by atoms with Crippen LogP contribution in [0.25, 0.3) is 0 Å². The van der Waals surface area contributed by atoms with E-state index in [1.165, 1.54) is 12.0 Å². The molecule has 3 atom stereocenters. The van der Waals surface area contributed by atoms with Crippen LogP contribution in [0.1, 0.15) is 31.7 Å². The maximum absolute atomic E-state index is 6.27. The molecule has 88 valence electrons. The molecule has 0 bridgehead atoms. The number of ether oxygens (including phenoxy) is 1. The SMILES string of the molecule is COC(C)(C)C(N)C1CC1c1ccccc1. The predicted molar refractivity (Wildman–Crippen MR) is 66.4 cm³/mol. The normalized spacial score (nSPS) is 26.5. The number of benzene rings is 1. The van der Waals surface area contributed by atoms with E-state index in [4.69, 9.17) is 10.5 Å². The molecule has 0 aliphatic heterocycles. The summed E-state index contributed by atoms with van der Waals surface area (Å²) < 4.78 is 5.46. The Balaban J connectivity index is 2.02. The van der Waals surface area contributed by atoms with Crippen molar-refractivity contribution >= 4 is 0 Å². The third-order valence-corrected chi connectivity index (χ3v) is 3.86. The van der Waals surface area contributed by atoms with Crippen LogP contribution in [0.4, 0.5) is 0 Å². The van der Waals surface area contributed by atoms with Crippen LogP contribution in [0.15, 0.2) is 30.3 Å². The fourth-order valence-electron chi connectivity index (χ4n) is 2.35. The van der Waals surface area contributed by atoms with Gasteiger partial charge in [0, 0.05) is 13.2 Å². The first-order valence-corrected chi connectivity index (χ1v) is 5.92. The van der Waals surface area contributed by atoms with Crippen LogP contribution in [-0.4, -0.2) is 18.8 Å². The van der Waals surface area contributed by atoms with Crippen molar-refractivity contribution in [2.75, 3.05) is 7.11 Å². The molecule has 0 heterocycles. The lowest BCUT2D eigenvalue weighted by Crippen LogP contribution is -2.46. The zero-order valence-electron chi connectivity index (χ0n) is 10.3. The van der Waals surface area contributed by atoms with Gasteiger partial charge in [-0.25, -0.2) is 0 Å². The molecule has 1 fully saturated rings. The van der Waals surface area contributed by atoms with Crippen molar-refractivity contribution in [3.63, 3.8) is 0 Å².